The molecular formula is C20H25IN4O2. The molecule has 6 nitrogen and oxygen atoms in total. The molecule has 7 heteroatoms. The van der Waals surface area contributed by atoms with Crippen LogP contribution >= 0.6 is 24.0 Å². The summed E-state index contributed by atoms with van der Waals surface area (Å²) in [5.74, 6) is 0.922. The van der Waals surface area contributed by atoms with Crippen molar-refractivity contribution in [1.82, 2.24) is 5.32 Å². The molecule has 0 spiro atoms. The maximum Gasteiger partial charge on any atom is 0.251 e. The minimum Gasteiger partial charge on any atom is -0.497 e. The lowest BCUT2D eigenvalue weighted by atomic mass is 10.1. The number of carbonyl (C=O) groups is 1. The van der Waals surface area contributed by atoms with Crippen molar-refractivity contribution in [2.24, 2.45) is 10.7 Å². The summed E-state index contributed by atoms with van der Waals surface area (Å²) in [6.45, 7) is 0.823. The number of carbonyl (C=O) groups excluding carboxylic acids is 1. The van der Waals surface area contributed by atoms with E-state index in [9.17, 15) is 4.79 Å². The van der Waals surface area contributed by atoms with Gasteiger partial charge in [0, 0.05) is 17.8 Å². The molecule has 2 aromatic rings. The molecule has 2 aromatic carbocycles. The molecule has 3 rings (SSSR count). The Balaban J connectivity index is 0.00000261. The third-order valence-corrected chi connectivity index (χ3v) is 4.40. The number of benzene rings is 2. The van der Waals surface area contributed by atoms with Crippen molar-refractivity contribution in [2.75, 3.05) is 25.5 Å². The van der Waals surface area contributed by atoms with Crippen LogP contribution in [0.1, 0.15) is 27.9 Å². The molecule has 4 N–H and O–H groups in total. The average molecular weight is 480 g/mol. The number of fused-ring (bicyclic) bond motifs is 1. The maximum atomic E-state index is 12.0. The Hall–Kier alpha value is -2.29. The first-order chi connectivity index (χ1) is 12.7. The van der Waals surface area contributed by atoms with Gasteiger partial charge in [-0.2, -0.15) is 0 Å². The highest BCUT2D eigenvalue weighted by atomic mass is 127. The molecule has 0 saturated heterocycles. The van der Waals surface area contributed by atoms with Crippen LogP contribution in [0.25, 0.3) is 0 Å². The van der Waals surface area contributed by atoms with Crippen LogP contribution in [0.15, 0.2) is 47.5 Å². The number of nitrogens with one attached hydrogen (secondary N) is 2. The topological polar surface area (TPSA) is 88.7 Å². The number of ether oxygens (including phenoxy) is 1. The summed E-state index contributed by atoms with van der Waals surface area (Å²) < 4.78 is 5.08. The molecule has 1 amide bonds. The molecule has 0 bridgehead atoms. The Morgan fingerprint density at radius 3 is 2.63 bits per heavy atom. The van der Waals surface area contributed by atoms with Gasteiger partial charge >= 0.3 is 0 Å². The fraction of sp³-hybridized carbons (Fsp3) is 0.300. The molecule has 144 valence electrons. The van der Waals surface area contributed by atoms with E-state index in [1.165, 1.54) is 17.5 Å². The molecule has 0 aliphatic heterocycles. The first-order valence-corrected chi connectivity index (χ1v) is 8.77. The summed E-state index contributed by atoms with van der Waals surface area (Å²) in [6, 6.07) is 13.3. The molecule has 0 atom stereocenters. The number of amides is 1. The van der Waals surface area contributed by atoms with E-state index >= 15 is 0 Å². The summed E-state index contributed by atoms with van der Waals surface area (Å²) in [5.41, 5.74) is 10.3. The van der Waals surface area contributed by atoms with Crippen molar-refractivity contribution in [2.45, 2.75) is 19.3 Å². The number of nitrogens with zero attached hydrogens (tertiary/aromatic N) is 1. The van der Waals surface area contributed by atoms with Crippen LogP contribution in [0, 0.1) is 0 Å². The first-order valence-electron chi connectivity index (χ1n) is 8.77. The van der Waals surface area contributed by atoms with E-state index < -0.39 is 0 Å². The van der Waals surface area contributed by atoms with E-state index in [1.807, 2.05) is 6.07 Å². The number of guanidine groups is 1. The number of nitrogens with two attached hydrogens (primary N) is 1. The van der Waals surface area contributed by atoms with Crippen LogP contribution in [-0.2, 0) is 12.8 Å². The standard InChI is InChI=1S/C20H24N4O2.HI/c1-26-18-9-6-15(7-10-18)19(25)22-11-12-23-20(21)24-17-8-5-14-3-2-4-16(14)13-17;/h5-10,13H,2-4,11-12H2,1H3,(H,22,25)(H3,21,23,24);1H. The van der Waals surface area contributed by atoms with Crippen molar-refractivity contribution in [3.63, 3.8) is 0 Å². The van der Waals surface area contributed by atoms with Gasteiger partial charge in [0.1, 0.15) is 5.75 Å². The highest BCUT2D eigenvalue weighted by Crippen LogP contribution is 2.24. The van der Waals surface area contributed by atoms with Crippen LogP contribution in [-0.4, -0.2) is 32.1 Å². The highest BCUT2D eigenvalue weighted by molar-refractivity contribution is 14.0. The van der Waals surface area contributed by atoms with Gasteiger partial charge in [-0.3, -0.25) is 9.79 Å². The van der Waals surface area contributed by atoms with Crippen molar-refractivity contribution in [1.29, 1.82) is 0 Å². The number of aliphatic imine (C=N–C) groups is 1. The predicted octanol–water partition coefficient (Wildman–Crippen LogP) is 2.96. The monoisotopic (exact) mass is 480 g/mol. The van der Waals surface area contributed by atoms with Gasteiger partial charge in [0.25, 0.3) is 5.91 Å². The second kappa shape index (κ2) is 10.1. The van der Waals surface area contributed by atoms with Crippen molar-refractivity contribution >= 4 is 41.5 Å². The number of rotatable bonds is 6. The lowest BCUT2D eigenvalue weighted by Crippen LogP contribution is -2.28. The number of methoxy groups -OCH3 is 1. The second-order valence-corrected chi connectivity index (χ2v) is 6.21. The van der Waals surface area contributed by atoms with Gasteiger partial charge in [-0.1, -0.05) is 6.07 Å². The molecule has 0 saturated carbocycles. The smallest absolute Gasteiger partial charge is 0.251 e. The lowest BCUT2D eigenvalue weighted by molar-refractivity contribution is 0.0955. The normalized spacial score (nSPS) is 12.7. The van der Waals surface area contributed by atoms with Crippen LogP contribution in [0.3, 0.4) is 0 Å². The highest BCUT2D eigenvalue weighted by Gasteiger charge is 2.10. The van der Waals surface area contributed by atoms with E-state index in [-0.39, 0.29) is 29.9 Å². The minimum atomic E-state index is -0.145. The van der Waals surface area contributed by atoms with E-state index in [0.29, 0.717) is 24.6 Å². The van der Waals surface area contributed by atoms with Crippen LogP contribution in [0.5, 0.6) is 5.75 Å². The fourth-order valence-corrected chi connectivity index (χ4v) is 3.03. The van der Waals surface area contributed by atoms with E-state index in [4.69, 9.17) is 10.5 Å². The zero-order valence-corrected chi connectivity index (χ0v) is 17.7. The number of aryl methyl sites for hydroxylation is 2. The Kier molecular flexibility index (Phi) is 7.90. The number of hydrogen-bond acceptors (Lipinski definition) is 3. The third kappa shape index (κ3) is 5.85. The van der Waals surface area contributed by atoms with Gasteiger partial charge < -0.3 is 21.1 Å². The molecule has 0 aromatic heterocycles. The molecule has 0 radical (unpaired) electrons. The van der Waals surface area contributed by atoms with Gasteiger partial charge in [-0.15, -0.1) is 24.0 Å². The summed E-state index contributed by atoms with van der Waals surface area (Å²) >= 11 is 0. The number of anilines is 1. The summed E-state index contributed by atoms with van der Waals surface area (Å²) in [6.07, 6.45) is 3.50. The Bertz CT molecular complexity index is 806. The zero-order chi connectivity index (χ0) is 18.4. The third-order valence-electron chi connectivity index (χ3n) is 4.40. The van der Waals surface area contributed by atoms with E-state index in [2.05, 4.69) is 27.8 Å². The molecular weight excluding hydrogens is 455 g/mol. The van der Waals surface area contributed by atoms with Crippen molar-refractivity contribution in [3.8, 4) is 5.75 Å². The Labute approximate surface area is 176 Å². The maximum absolute atomic E-state index is 12.0. The Morgan fingerprint density at radius 2 is 1.89 bits per heavy atom. The van der Waals surface area contributed by atoms with Gasteiger partial charge in [0.2, 0.25) is 0 Å². The van der Waals surface area contributed by atoms with Crippen LogP contribution < -0.4 is 21.1 Å². The molecule has 27 heavy (non-hydrogen) atoms. The largest absolute Gasteiger partial charge is 0.497 e. The molecule has 0 unspecified atom stereocenters. The molecule has 1 aliphatic carbocycles. The zero-order valence-electron chi connectivity index (χ0n) is 15.3. The Morgan fingerprint density at radius 1 is 1.15 bits per heavy atom. The van der Waals surface area contributed by atoms with Crippen LogP contribution in [0.4, 0.5) is 5.69 Å². The van der Waals surface area contributed by atoms with E-state index in [1.54, 1.807) is 31.4 Å². The second-order valence-electron chi connectivity index (χ2n) is 6.21. The van der Waals surface area contributed by atoms with E-state index in [0.717, 1.165) is 24.3 Å². The quantitative estimate of drug-likeness (QED) is 0.257. The molecule has 0 heterocycles. The van der Waals surface area contributed by atoms with Crippen molar-refractivity contribution in [3.05, 3.63) is 59.2 Å². The summed E-state index contributed by atoms with van der Waals surface area (Å²) in [5, 5.41) is 5.92. The number of hydrogen-bond donors (Lipinski definition) is 3. The SMILES string of the molecule is COc1ccc(C(=O)NCCN=C(N)Nc2ccc3c(c2)CCC3)cc1.I. The van der Waals surface area contributed by atoms with Gasteiger partial charge in [-0.05, 0) is 66.8 Å². The molecule has 0 fully saturated rings. The van der Waals surface area contributed by atoms with Crippen LogP contribution in [0.2, 0.25) is 0 Å². The summed E-state index contributed by atoms with van der Waals surface area (Å²) in [7, 11) is 1.59. The van der Waals surface area contributed by atoms with Gasteiger partial charge in [0.05, 0.1) is 13.7 Å². The fourth-order valence-electron chi connectivity index (χ4n) is 3.03. The lowest BCUT2D eigenvalue weighted by Gasteiger charge is -2.08. The number of halogens is 1. The van der Waals surface area contributed by atoms with Crippen molar-refractivity contribution < 1.29 is 9.53 Å². The summed E-state index contributed by atoms with van der Waals surface area (Å²) in [4.78, 5) is 16.3. The first kappa shape index (κ1) is 21.0. The minimum absolute atomic E-state index is 0. The van der Waals surface area contributed by atoms with Gasteiger partial charge in [-0.25, -0.2) is 0 Å². The average Bonchev–Trinajstić information content (AvgIpc) is 3.13. The predicted molar refractivity (Wildman–Crippen MR) is 119 cm³/mol. The van der Waals surface area contributed by atoms with Gasteiger partial charge in [0.15, 0.2) is 5.96 Å². The molecule has 1 aliphatic rings.